The Morgan fingerprint density at radius 1 is 1.35 bits per heavy atom. The molecule has 1 aromatic heterocycles. The molecule has 4 N–H and O–H groups in total. The molecule has 17 heavy (non-hydrogen) atoms. The Bertz CT molecular complexity index is 458. The van der Waals surface area contributed by atoms with E-state index < -0.39 is 36.7 Å². The standard InChI is InChI=1S/C10H13NO6/c12-4-6-8(15)9(16)10(17-6)11-2-1-5(13)3-7(11)14/h1-3,6,8-10,12-13,15-16H,4H2/t6-,8+,9+,10+/m0/s1. The summed E-state index contributed by atoms with van der Waals surface area (Å²) in [6.07, 6.45) is -3.33. The monoisotopic (exact) mass is 243 g/mol. The molecule has 0 radical (unpaired) electrons. The highest BCUT2D eigenvalue weighted by Gasteiger charge is 2.43. The van der Waals surface area contributed by atoms with E-state index in [1.807, 2.05) is 0 Å². The van der Waals surface area contributed by atoms with Crippen LogP contribution < -0.4 is 5.56 Å². The summed E-state index contributed by atoms with van der Waals surface area (Å²) in [6.45, 7) is -0.457. The predicted octanol–water partition coefficient (Wildman–Crippen LogP) is -1.83. The molecule has 0 unspecified atom stereocenters. The summed E-state index contributed by atoms with van der Waals surface area (Å²) in [7, 11) is 0. The van der Waals surface area contributed by atoms with E-state index in [1.165, 1.54) is 12.3 Å². The number of aliphatic hydroxyl groups is 3. The molecule has 7 nitrogen and oxygen atoms in total. The van der Waals surface area contributed by atoms with Gasteiger partial charge in [0.15, 0.2) is 6.23 Å². The number of ether oxygens (including phenoxy) is 1. The van der Waals surface area contributed by atoms with Crippen LogP contribution in [0.3, 0.4) is 0 Å². The fourth-order valence-corrected chi connectivity index (χ4v) is 1.80. The molecular formula is C10H13NO6. The van der Waals surface area contributed by atoms with Crippen LogP contribution in [0.2, 0.25) is 0 Å². The van der Waals surface area contributed by atoms with Crippen LogP contribution in [0.1, 0.15) is 6.23 Å². The van der Waals surface area contributed by atoms with Crippen molar-refractivity contribution >= 4 is 0 Å². The molecule has 1 saturated heterocycles. The fourth-order valence-electron chi connectivity index (χ4n) is 1.80. The Morgan fingerprint density at radius 2 is 2.06 bits per heavy atom. The Kier molecular flexibility index (Phi) is 3.16. The van der Waals surface area contributed by atoms with Gasteiger partial charge in [0.1, 0.15) is 24.1 Å². The molecule has 1 aromatic rings. The molecule has 0 bridgehead atoms. The van der Waals surface area contributed by atoms with Gasteiger partial charge >= 0.3 is 0 Å². The van der Waals surface area contributed by atoms with E-state index in [0.29, 0.717) is 0 Å². The molecule has 94 valence electrons. The largest absolute Gasteiger partial charge is 0.508 e. The smallest absolute Gasteiger partial charge is 0.256 e. The highest BCUT2D eigenvalue weighted by Crippen LogP contribution is 2.28. The van der Waals surface area contributed by atoms with Crippen LogP contribution in [0.25, 0.3) is 0 Å². The van der Waals surface area contributed by atoms with Gasteiger partial charge in [0.25, 0.3) is 5.56 Å². The highest BCUT2D eigenvalue weighted by molar-refractivity contribution is 5.16. The zero-order valence-corrected chi connectivity index (χ0v) is 8.80. The summed E-state index contributed by atoms with van der Waals surface area (Å²) >= 11 is 0. The molecule has 4 atom stereocenters. The van der Waals surface area contributed by atoms with Crippen molar-refractivity contribution in [1.29, 1.82) is 0 Å². The first-order valence-electron chi connectivity index (χ1n) is 5.08. The maximum atomic E-state index is 11.5. The molecule has 0 aromatic carbocycles. The van der Waals surface area contributed by atoms with Crippen molar-refractivity contribution in [2.75, 3.05) is 6.61 Å². The first kappa shape index (κ1) is 12.1. The number of pyridine rings is 1. The molecule has 0 amide bonds. The minimum Gasteiger partial charge on any atom is -0.508 e. The molecule has 0 aliphatic carbocycles. The zero-order valence-electron chi connectivity index (χ0n) is 8.80. The van der Waals surface area contributed by atoms with Gasteiger partial charge < -0.3 is 25.2 Å². The third-order valence-corrected chi connectivity index (χ3v) is 2.72. The van der Waals surface area contributed by atoms with E-state index in [9.17, 15) is 15.0 Å². The first-order valence-corrected chi connectivity index (χ1v) is 5.08. The number of aromatic hydroxyl groups is 1. The molecule has 0 saturated carbocycles. The predicted molar refractivity (Wildman–Crippen MR) is 55.4 cm³/mol. The minimum atomic E-state index is -1.31. The second-order valence-corrected chi connectivity index (χ2v) is 3.86. The average Bonchev–Trinajstić information content (AvgIpc) is 2.57. The molecule has 2 heterocycles. The van der Waals surface area contributed by atoms with Gasteiger partial charge in [0, 0.05) is 12.3 Å². The van der Waals surface area contributed by atoms with Crippen LogP contribution >= 0.6 is 0 Å². The van der Waals surface area contributed by atoms with E-state index in [-0.39, 0.29) is 5.75 Å². The van der Waals surface area contributed by atoms with Crippen LogP contribution in [-0.4, -0.2) is 49.9 Å². The van der Waals surface area contributed by atoms with Crippen LogP contribution in [0, 0.1) is 0 Å². The van der Waals surface area contributed by atoms with E-state index in [0.717, 1.165) is 10.6 Å². The van der Waals surface area contributed by atoms with Crippen molar-refractivity contribution in [1.82, 2.24) is 4.57 Å². The van der Waals surface area contributed by atoms with E-state index in [1.54, 1.807) is 0 Å². The van der Waals surface area contributed by atoms with Gasteiger partial charge in [-0.05, 0) is 6.07 Å². The summed E-state index contributed by atoms with van der Waals surface area (Å²) in [5, 5.41) is 37.2. The number of nitrogens with zero attached hydrogens (tertiary/aromatic N) is 1. The minimum absolute atomic E-state index is 0.196. The zero-order chi connectivity index (χ0) is 12.6. The van der Waals surface area contributed by atoms with Crippen LogP contribution in [-0.2, 0) is 4.74 Å². The topological polar surface area (TPSA) is 112 Å². The van der Waals surface area contributed by atoms with E-state index in [2.05, 4.69) is 0 Å². The van der Waals surface area contributed by atoms with Gasteiger partial charge in [-0.25, -0.2) is 0 Å². The van der Waals surface area contributed by atoms with Crippen LogP contribution in [0.4, 0.5) is 0 Å². The van der Waals surface area contributed by atoms with E-state index >= 15 is 0 Å². The van der Waals surface area contributed by atoms with Crippen molar-refractivity contribution in [3.63, 3.8) is 0 Å². The molecule has 1 aliphatic heterocycles. The second kappa shape index (κ2) is 4.46. The average molecular weight is 243 g/mol. The van der Waals surface area contributed by atoms with Gasteiger partial charge in [-0.15, -0.1) is 0 Å². The maximum absolute atomic E-state index is 11.5. The third-order valence-electron chi connectivity index (χ3n) is 2.72. The van der Waals surface area contributed by atoms with E-state index in [4.69, 9.17) is 14.9 Å². The Hall–Kier alpha value is -1.41. The first-order chi connectivity index (χ1) is 8.04. The molecule has 0 spiro atoms. The van der Waals surface area contributed by atoms with Crippen LogP contribution in [0.15, 0.2) is 23.1 Å². The van der Waals surface area contributed by atoms with Crippen molar-refractivity contribution in [3.8, 4) is 5.75 Å². The Labute approximate surface area is 96.1 Å². The lowest BCUT2D eigenvalue weighted by atomic mass is 10.1. The lowest BCUT2D eigenvalue weighted by Crippen LogP contribution is -2.35. The summed E-state index contributed by atoms with van der Waals surface area (Å²) in [6, 6.07) is 2.23. The molecule has 1 fully saturated rings. The normalized spacial score (nSPS) is 32.9. The molecule has 2 rings (SSSR count). The van der Waals surface area contributed by atoms with Crippen LogP contribution in [0.5, 0.6) is 5.75 Å². The Morgan fingerprint density at radius 3 is 2.59 bits per heavy atom. The van der Waals surface area contributed by atoms with Gasteiger partial charge in [0.05, 0.1) is 6.61 Å². The Balaban J connectivity index is 2.32. The van der Waals surface area contributed by atoms with Crippen molar-refractivity contribution in [2.24, 2.45) is 0 Å². The van der Waals surface area contributed by atoms with Gasteiger partial charge in [-0.1, -0.05) is 0 Å². The lowest BCUT2D eigenvalue weighted by Gasteiger charge is -2.17. The summed E-state index contributed by atoms with van der Waals surface area (Å²) in [5.41, 5.74) is -0.570. The van der Waals surface area contributed by atoms with Gasteiger partial charge in [-0.2, -0.15) is 0 Å². The lowest BCUT2D eigenvalue weighted by molar-refractivity contribution is -0.0544. The van der Waals surface area contributed by atoms with Crippen molar-refractivity contribution < 1.29 is 25.2 Å². The summed E-state index contributed by atoms with van der Waals surface area (Å²) < 4.78 is 6.22. The van der Waals surface area contributed by atoms with Crippen molar-refractivity contribution in [3.05, 3.63) is 28.7 Å². The number of hydrogen-bond donors (Lipinski definition) is 4. The molecule has 7 heteroatoms. The quantitative estimate of drug-likeness (QED) is 0.486. The number of aromatic nitrogens is 1. The molecular weight excluding hydrogens is 230 g/mol. The third kappa shape index (κ3) is 2.05. The number of rotatable bonds is 2. The van der Waals surface area contributed by atoms with Gasteiger partial charge in [0.2, 0.25) is 0 Å². The molecule has 1 aliphatic rings. The highest BCUT2D eigenvalue weighted by atomic mass is 16.6. The number of hydrogen-bond acceptors (Lipinski definition) is 6. The second-order valence-electron chi connectivity index (χ2n) is 3.86. The fraction of sp³-hybridized carbons (Fsp3) is 0.500. The number of aliphatic hydroxyl groups excluding tert-OH is 3. The maximum Gasteiger partial charge on any atom is 0.256 e. The van der Waals surface area contributed by atoms with Crippen molar-refractivity contribution in [2.45, 2.75) is 24.5 Å². The van der Waals surface area contributed by atoms with Gasteiger partial charge in [-0.3, -0.25) is 9.36 Å². The summed E-state index contributed by atoms with van der Waals surface area (Å²) in [5.74, 6) is -0.196. The summed E-state index contributed by atoms with van der Waals surface area (Å²) in [4.78, 5) is 11.5. The SMILES string of the molecule is O=c1cc(O)ccn1[C@@H]1O[C@@H](CO)[C@@H](O)[C@H]1O.